The summed E-state index contributed by atoms with van der Waals surface area (Å²) in [7, 11) is 0. The Labute approximate surface area is 117 Å². The van der Waals surface area contributed by atoms with Crippen molar-refractivity contribution in [2.45, 2.75) is 29.9 Å². The Morgan fingerprint density at radius 1 is 1.55 bits per heavy atom. The van der Waals surface area contributed by atoms with E-state index >= 15 is 0 Å². The fourth-order valence-corrected chi connectivity index (χ4v) is 2.92. The molecule has 0 saturated carbocycles. The maximum Gasteiger partial charge on any atom is 0.278 e. The standard InChI is InChI=1S/C11H14N4O4S/c12-20(18)11-6-1-2-15(10(6)13-5-14-11)9-3-7(17)8(4-16)19-9/h1-2,5,7-9,16-17H,3-4,12H2/t7-,8+,9-,20?/m0/s1. The quantitative estimate of drug-likeness (QED) is 0.492. The molecule has 0 aliphatic carbocycles. The van der Waals surface area contributed by atoms with E-state index in [1.54, 1.807) is 16.8 Å². The first-order chi connectivity index (χ1) is 9.61. The van der Waals surface area contributed by atoms with Gasteiger partial charge in [0.1, 0.15) is 18.7 Å². The van der Waals surface area contributed by atoms with Gasteiger partial charge in [-0.05, 0) is 6.07 Å². The lowest BCUT2D eigenvalue weighted by molar-refractivity contribution is -0.0430. The molecule has 0 radical (unpaired) electrons. The van der Waals surface area contributed by atoms with Gasteiger partial charge in [0, 0.05) is 12.6 Å². The molecule has 1 aliphatic heterocycles. The van der Waals surface area contributed by atoms with E-state index in [1.807, 2.05) is 0 Å². The van der Waals surface area contributed by atoms with Gasteiger partial charge in [0.25, 0.3) is 5.03 Å². The summed E-state index contributed by atoms with van der Waals surface area (Å²) in [5, 5.41) is 25.1. The Morgan fingerprint density at radius 2 is 2.35 bits per heavy atom. The van der Waals surface area contributed by atoms with Gasteiger partial charge in [-0.25, -0.2) is 4.98 Å². The van der Waals surface area contributed by atoms with Gasteiger partial charge in [0.05, 0.1) is 29.5 Å². The van der Waals surface area contributed by atoms with Crippen molar-refractivity contribution in [2.24, 2.45) is 5.14 Å². The maximum absolute atomic E-state index is 11.4. The largest absolute Gasteiger partial charge is 0.592 e. The third-order valence-electron chi connectivity index (χ3n) is 3.36. The number of aliphatic hydroxyl groups is 2. The summed E-state index contributed by atoms with van der Waals surface area (Å²) < 4.78 is 18.7. The summed E-state index contributed by atoms with van der Waals surface area (Å²) >= 11 is -1.70. The van der Waals surface area contributed by atoms with Gasteiger partial charge in [-0.15, -0.1) is 5.14 Å². The number of aliphatic hydroxyl groups excluding tert-OH is 2. The van der Waals surface area contributed by atoms with Crippen LogP contribution in [-0.4, -0.2) is 48.1 Å². The fourth-order valence-electron chi connectivity index (χ4n) is 2.39. The zero-order valence-corrected chi connectivity index (χ0v) is 11.2. The highest BCUT2D eigenvalue weighted by molar-refractivity contribution is 7.89. The summed E-state index contributed by atoms with van der Waals surface area (Å²) in [5.41, 5.74) is 0.532. The van der Waals surface area contributed by atoms with Crippen molar-refractivity contribution < 1.29 is 19.5 Å². The minimum Gasteiger partial charge on any atom is -0.592 e. The summed E-state index contributed by atoms with van der Waals surface area (Å²) in [6.07, 6.45) is 1.57. The molecule has 1 fully saturated rings. The van der Waals surface area contributed by atoms with Crippen LogP contribution in [0.2, 0.25) is 0 Å². The highest BCUT2D eigenvalue weighted by Gasteiger charge is 2.35. The minimum absolute atomic E-state index is 0.246. The molecule has 9 heteroatoms. The van der Waals surface area contributed by atoms with Crippen molar-refractivity contribution in [1.29, 1.82) is 0 Å². The molecule has 0 bridgehead atoms. The average molecular weight is 298 g/mol. The van der Waals surface area contributed by atoms with E-state index in [9.17, 15) is 9.66 Å². The second-order valence-corrected chi connectivity index (χ2v) is 5.53. The molecule has 2 aromatic heterocycles. The van der Waals surface area contributed by atoms with Crippen LogP contribution in [0, 0.1) is 0 Å². The molecular formula is C11H14N4O4S. The van der Waals surface area contributed by atoms with Crippen LogP contribution in [0.3, 0.4) is 0 Å². The zero-order chi connectivity index (χ0) is 14.3. The number of nitrogens with zero attached hydrogens (tertiary/aromatic N) is 3. The molecule has 108 valence electrons. The summed E-state index contributed by atoms with van der Waals surface area (Å²) in [5.74, 6) is 0. The number of ether oxygens (including phenoxy) is 1. The Bertz CT molecular complexity index is 619. The van der Waals surface area contributed by atoms with Crippen LogP contribution in [0.5, 0.6) is 0 Å². The first-order valence-corrected chi connectivity index (χ1v) is 7.25. The van der Waals surface area contributed by atoms with Gasteiger partial charge >= 0.3 is 0 Å². The molecule has 4 N–H and O–H groups in total. The third kappa shape index (κ3) is 2.18. The summed E-state index contributed by atoms with van der Waals surface area (Å²) in [6.45, 7) is -0.246. The zero-order valence-electron chi connectivity index (χ0n) is 10.4. The number of hydrogen-bond donors (Lipinski definition) is 3. The third-order valence-corrected chi connectivity index (χ3v) is 4.06. The van der Waals surface area contributed by atoms with E-state index in [-0.39, 0.29) is 11.6 Å². The molecule has 0 spiro atoms. The summed E-state index contributed by atoms with van der Waals surface area (Å²) in [6, 6.07) is 1.71. The van der Waals surface area contributed by atoms with Crippen LogP contribution in [0.1, 0.15) is 12.6 Å². The Morgan fingerprint density at radius 3 is 3.00 bits per heavy atom. The lowest BCUT2D eigenvalue weighted by Crippen LogP contribution is -2.24. The minimum atomic E-state index is -1.70. The lowest BCUT2D eigenvalue weighted by Gasteiger charge is -2.14. The molecule has 1 saturated heterocycles. The predicted molar refractivity (Wildman–Crippen MR) is 69.7 cm³/mol. The van der Waals surface area contributed by atoms with Crippen LogP contribution in [0.25, 0.3) is 11.0 Å². The Kier molecular flexibility index (Phi) is 3.63. The van der Waals surface area contributed by atoms with E-state index in [4.69, 9.17) is 15.0 Å². The van der Waals surface area contributed by atoms with Crippen molar-refractivity contribution in [2.75, 3.05) is 6.61 Å². The van der Waals surface area contributed by atoms with Crippen molar-refractivity contribution in [3.8, 4) is 0 Å². The van der Waals surface area contributed by atoms with Gasteiger partial charge in [0.15, 0.2) is 5.65 Å². The molecule has 0 amide bonds. The molecule has 3 heterocycles. The number of fused-ring (bicyclic) bond motifs is 1. The van der Waals surface area contributed by atoms with Crippen LogP contribution in [-0.2, 0) is 16.1 Å². The van der Waals surface area contributed by atoms with Crippen LogP contribution in [0.15, 0.2) is 23.6 Å². The molecule has 1 aliphatic rings. The van der Waals surface area contributed by atoms with E-state index < -0.39 is 29.8 Å². The van der Waals surface area contributed by atoms with E-state index in [0.29, 0.717) is 17.5 Å². The average Bonchev–Trinajstić information content (AvgIpc) is 3.01. The number of nitrogens with two attached hydrogens (primary N) is 1. The normalized spacial score (nSPS) is 28.1. The van der Waals surface area contributed by atoms with Gasteiger partial charge in [0.2, 0.25) is 0 Å². The van der Waals surface area contributed by atoms with Crippen molar-refractivity contribution in [3.05, 3.63) is 18.6 Å². The molecule has 4 atom stereocenters. The van der Waals surface area contributed by atoms with Crippen LogP contribution in [0.4, 0.5) is 0 Å². The number of aromatic nitrogens is 3. The molecular weight excluding hydrogens is 284 g/mol. The molecule has 3 rings (SSSR count). The Balaban J connectivity index is 2.00. The Hall–Kier alpha value is -1.23. The van der Waals surface area contributed by atoms with Gasteiger partial charge in [-0.1, -0.05) is 0 Å². The topological polar surface area (TPSA) is 129 Å². The van der Waals surface area contributed by atoms with E-state index in [2.05, 4.69) is 9.97 Å². The second-order valence-electron chi connectivity index (χ2n) is 4.55. The highest BCUT2D eigenvalue weighted by atomic mass is 32.2. The monoisotopic (exact) mass is 298 g/mol. The first-order valence-electron chi connectivity index (χ1n) is 6.04. The molecule has 2 aromatic rings. The maximum atomic E-state index is 11.4. The molecule has 0 aromatic carbocycles. The van der Waals surface area contributed by atoms with Gasteiger partial charge in [-0.2, -0.15) is 4.98 Å². The first kappa shape index (κ1) is 13.7. The van der Waals surface area contributed by atoms with Crippen LogP contribution < -0.4 is 5.14 Å². The van der Waals surface area contributed by atoms with Gasteiger partial charge < -0.3 is 24.1 Å². The molecule has 20 heavy (non-hydrogen) atoms. The van der Waals surface area contributed by atoms with Crippen LogP contribution >= 0.6 is 0 Å². The fraction of sp³-hybridized carbons (Fsp3) is 0.455. The van der Waals surface area contributed by atoms with Crippen molar-refractivity contribution in [1.82, 2.24) is 14.5 Å². The number of hydrogen-bond acceptors (Lipinski definition) is 7. The highest BCUT2D eigenvalue weighted by Crippen LogP contribution is 2.32. The van der Waals surface area contributed by atoms with Crippen molar-refractivity contribution >= 4 is 22.4 Å². The van der Waals surface area contributed by atoms with Gasteiger partial charge in [-0.3, -0.25) is 0 Å². The SMILES string of the molecule is N[S+]([O-])c1ncnc2c1ccn2[C@@H]1C[C@H](O)[C@@H](CO)O1. The lowest BCUT2D eigenvalue weighted by atomic mass is 10.2. The van der Waals surface area contributed by atoms with Crippen molar-refractivity contribution in [3.63, 3.8) is 0 Å². The van der Waals surface area contributed by atoms with E-state index in [1.165, 1.54) is 6.33 Å². The molecule has 1 unspecified atom stereocenters. The second kappa shape index (κ2) is 5.28. The summed E-state index contributed by atoms with van der Waals surface area (Å²) in [4.78, 5) is 8.06. The predicted octanol–water partition coefficient (Wildman–Crippen LogP) is -0.947. The number of rotatable bonds is 3. The van der Waals surface area contributed by atoms with E-state index in [0.717, 1.165) is 0 Å². The molecule has 8 nitrogen and oxygen atoms in total. The smallest absolute Gasteiger partial charge is 0.278 e.